The molecule has 0 spiro atoms. The molecule has 1 fully saturated rings. The van der Waals surface area contributed by atoms with Gasteiger partial charge in [0, 0.05) is 6.42 Å². The first-order valence-electron chi connectivity index (χ1n) is 30.0. The summed E-state index contributed by atoms with van der Waals surface area (Å²) in [5.41, 5.74) is 0. The predicted molar refractivity (Wildman–Crippen MR) is 310 cm³/mol. The number of nitrogens with one attached hydrogen (secondary N) is 1. The predicted octanol–water partition coefficient (Wildman–Crippen LogP) is 13.9. The van der Waals surface area contributed by atoms with Crippen LogP contribution in [0.15, 0.2) is 97.2 Å². The highest BCUT2D eigenvalue weighted by Gasteiger charge is 2.47. The molecule has 1 aliphatic rings. The number of allylic oxidation sites excluding steroid dienone is 15. The van der Waals surface area contributed by atoms with Gasteiger partial charge in [0.1, 0.15) is 24.4 Å². The minimum Gasteiger partial charge on any atom is -0.454 e. The van der Waals surface area contributed by atoms with Crippen LogP contribution in [0.1, 0.15) is 233 Å². The number of carbonyl (C=O) groups excluding carboxylic acids is 2. The summed E-state index contributed by atoms with van der Waals surface area (Å²) in [6.07, 6.45) is 57.3. The van der Waals surface area contributed by atoms with Crippen LogP contribution in [-0.2, 0) is 23.8 Å². The van der Waals surface area contributed by atoms with Crippen LogP contribution in [0.25, 0.3) is 0 Å². The van der Waals surface area contributed by atoms with E-state index in [1.807, 2.05) is 24.3 Å². The molecule has 8 unspecified atom stereocenters. The average Bonchev–Trinajstić information content (AvgIpc) is 3.41. The number of unbranched alkanes of at least 4 members (excludes halogenated alkanes) is 23. The fourth-order valence-corrected chi connectivity index (χ4v) is 8.75. The summed E-state index contributed by atoms with van der Waals surface area (Å²) in [7, 11) is 0. The Labute approximate surface area is 456 Å². The first-order valence-corrected chi connectivity index (χ1v) is 30.0. The SMILES string of the molecule is CC/C=C/C=C/C=C\CCCCCCCC(=O)OC1C(OCC(NC(=O)C(O)CCCCCCCC/C=C\C/C=C\C/C=C\C/C=C\CCCCC)C(O)/C=C/CCCCCCCCCCC)OC(CO)C(O)C1O. The lowest BCUT2D eigenvalue weighted by Gasteiger charge is -2.41. The number of aliphatic hydroxyl groups excluding tert-OH is 5. The number of amides is 1. The van der Waals surface area contributed by atoms with Gasteiger partial charge < -0.3 is 45.1 Å². The molecule has 11 heteroatoms. The van der Waals surface area contributed by atoms with E-state index in [2.05, 4.69) is 92.9 Å². The number of carbonyl (C=O) groups is 2. The van der Waals surface area contributed by atoms with E-state index in [0.717, 1.165) is 122 Å². The zero-order valence-electron chi connectivity index (χ0n) is 47.4. The molecule has 6 N–H and O–H groups in total. The van der Waals surface area contributed by atoms with Crippen LogP contribution in [-0.4, -0.2) is 99.6 Å². The first-order chi connectivity index (χ1) is 36.7. The van der Waals surface area contributed by atoms with E-state index in [-0.39, 0.29) is 19.4 Å². The van der Waals surface area contributed by atoms with Gasteiger partial charge in [0.25, 0.3) is 0 Å². The van der Waals surface area contributed by atoms with Crippen LogP contribution in [0.4, 0.5) is 0 Å². The molecule has 0 aromatic rings. The van der Waals surface area contributed by atoms with Crippen LogP contribution < -0.4 is 5.32 Å². The van der Waals surface area contributed by atoms with Crippen LogP contribution in [0.3, 0.4) is 0 Å². The minimum absolute atomic E-state index is 0.0945. The van der Waals surface area contributed by atoms with Crippen molar-refractivity contribution in [1.29, 1.82) is 0 Å². The zero-order chi connectivity index (χ0) is 54.7. The smallest absolute Gasteiger partial charge is 0.306 e. The number of hydrogen-bond donors (Lipinski definition) is 6. The second-order valence-corrected chi connectivity index (χ2v) is 20.4. The Hall–Kier alpha value is -3.42. The van der Waals surface area contributed by atoms with Gasteiger partial charge >= 0.3 is 5.97 Å². The molecular weight excluding hydrogens is 943 g/mol. The molecule has 1 aliphatic heterocycles. The monoisotopic (exact) mass is 1050 g/mol. The Morgan fingerprint density at radius 2 is 1.01 bits per heavy atom. The third kappa shape index (κ3) is 39.6. The minimum atomic E-state index is -1.63. The van der Waals surface area contributed by atoms with E-state index in [1.165, 1.54) is 64.2 Å². The van der Waals surface area contributed by atoms with Crippen molar-refractivity contribution < 1.29 is 49.3 Å². The average molecular weight is 1050 g/mol. The largest absolute Gasteiger partial charge is 0.454 e. The number of rotatable bonds is 49. The lowest BCUT2D eigenvalue weighted by Crippen LogP contribution is -2.61. The standard InChI is InChI=1S/C64H109NO10/c1-4-7-10-13-16-19-22-24-25-26-27-28-29-30-31-32-34-36-39-42-45-48-51-57(68)63(72)65-55(56(67)50-47-44-41-38-35-21-18-15-12-9-6-3)54-73-64-62(61(71)60(70)58(53-66)74-64)75-59(69)52-49-46-43-40-37-33-23-20-17-14-11-8-5-2/h8,11,14,16-17,19-20,23-25,27-28,30-31,47,50,55-58,60-62,64,66-68,70-71H,4-7,9-10,12-13,15,18,21-22,26,29,32-46,48-49,51-54H2,1-3H3,(H,65,72)/b11-8+,17-14+,19-16-,23-20-,25-24-,28-27-,31-30-,50-47+. The molecule has 1 saturated heterocycles. The Balaban J connectivity index is 2.69. The van der Waals surface area contributed by atoms with Gasteiger partial charge in [-0.25, -0.2) is 0 Å². The van der Waals surface area contributed by atoms with Gasteiger partial charge in [-0.2, -0.15) is 0 Å². The van der Waals surface area contributed by atoms with Gasteiger partial charge in [-0.1, -0.05) is 234 Å². The molecule has 0 aliphatic carbocycles. The molecule has 1 amide bonds. The number of esters is 1. The van der Waals surface area contributed by atoms with Crippen molar-refractivity contribution in [3.8, 4) is 0 Å². The maximum atomic E-state index is 13.4. The van der Waals surface area contributed by atoms with Crippen molar-refractivity contribution in [2.75, 3.05) is 13.2 Å². The second kappa shape index (κ2) is 51.3. The van der Waals surface area contributed by atoms with Crippen LogP contribution in [0.5, 0.6) is 0 Å². The van der Waals surface area contributed by atoms with Crippen LogP contribution in [0, 0.1) is 0 Å². The molecule has 0 aromatic carbocycles. The summed E-state index contributed by atoms with van der Waals surface area (Å²) in [5.74, 6) is -1.23. The molecular formula is C64H109NO10. The van der Waals surface area contributed by atoms with Crippen molar-refractivity contribution in [2.45, 2.75) is 282 Å². The summed E-state index contributed by atoms with van der Waals surface area (Å²) in [5, 5.41) is 56.8. The molecule has 0 radical (unpaired) electrons. The van der Waals surface area contributed by atoms with E-state index >= 15 is 0 Å². The normalized spacial score (nSPS) is 19.9. The van der Waals surface area contributed by atoms with Crippen molar-refractivity contribution in [2.24, 2.45) is 0 Å². The summed E-state index contributed by atoms with van der Waals surface area (Å²) < 4.78 is 17.5. The molecule has 0 aromatic heterocycles. The van der Waals surface area contributed by atoms with Gasteiger partial charge in [0.2, 0.25) is 5.91 Å². The van der Waals surface area contributed by atoms with Crippen molar-refractivity contribution >= 4 is 11.9 Å². The van der Waals surface area contributed by atoms with Crippen molar-refractivity contribution in [3.05, 3.63) is 97.2 Å². The Morgan fingerprint density at radius 1 is 0.547 bits per heavy atom. The van der Waals surface area contributed by atoms with Crippen LogP contribution >= 0.6 is 0 Å². The number of ether oxygens (including phenoxy) is 3. The van der Waals surface area contributed by atoms with Gasteiger partial charge in [0.15, 0.2) is 12.4 Å². The topological polar surface area (TPSA) is 175 Å². The molecule has 1 rings (SSSR count). The van der Waals surface area contributed by atoms with E-state index < -0.39 is 67.4 Å². The van der Waals surface area contributed by atoms with Gasteiger partial charge in [-0.3, -0.25) is 9.59 Å². The number of hydrogen-bond acceptors (Lipinski definition) is 10. The maximum Gasteiger partial charge on any atom is 0.306 e. The maximum absolute atomic E-state index is 13.4. The second-order valence-electron chi connectivity index (χ2n) is 20.4. The van der Waals surface area contributed by atoms with Crippen molar-refractivity contribution in [3.63, 3.8) is 0 Å². The fraction of sp³-hybridized carbons (Fsp3) is 0.719. The number of aliphatic hydroxyl groups is 5. The highest BCUT2D eigenvalue weighted by Crippen LogP contribution is 2.26. The highest BCUT2D eigenvalue weighted by molar-refractivity contribution is 5.80. The highest BCUT2D eigenvalue weighted by atomic mass is 16.7. The van der Waals surface area contributed by atoms with Gasteiger partial charge in [0.05, 0.1) is 25.4 Å². The Morgan fingerprint density at radius 3 is 1.57 bits per heavy atom. The fourth-order valence-electron chi connectivity index (χ4n) is 8.75. The summed E-state index contributed by atoms with van der Waals surface area (Å²) in [6, 6.07) is -1.04. The lowest BCUT2D eigenvalue weighted by molar-refractivity contribution is -0.305. The summed E-state index contributed by atoms with van der Waals surface area (Å²) in [6.45, 7) is 5.58. The van der Waals surface area contributed by atoms with Crippen molar-refractivity contribution in [1.82, 2.24) is 5.32 Å². The van der Waals surface area contributed by atoms with Gasteiger partial charge in [-0.15, -0.1) is 0 Å². The van der Waals surface area contributed by atoms with E-state index in [1.54, 1.807) is 6.08 Å². The third-order valence-corrected chi connectivity index (χ3v) is 13.5. The molecule has 11 nitrogen and oxygen atoms in total. The van der Waals surface area contributed by atoms with Gasteiger partial charge in [-0.05, 0) is 89.9 Å². The third-order valence-electron chi connectivity index (χ3n) is 13.5. The Bertz CT molecular complexity index is 1580. The summed E-state index contributed by atoms with van der Waals surface area (Å²) >= 11 is 0. The molecule has 430 valence electrons. The summed E-state index contributed by atoms with van der Waals surface area (Å²) in [4.78, 5) is 26.5. The quantitative estimate of drug-likeness (QED) is 0.0149. The Kier molecular flexibility index (Phi) is 47.6. The molecule has 75 heavy (non-hydrogen) atoms. The molecule has 0 saturated carbocycles. The lowest BCUT2D eigenvalue weighted by atomic mass is 9.99. The molecule has 0 bridgehead atoms. The van der Waals surface area contributed by atoms with E-state index in [9.17, 15) is 35.1 Å². The zero-order valence-corrected chi connectivity index (χ0v) is 47.4. The van der Waals surface area contributed by atoms with E-state index in [0.29, 0.717) is 12.8 Å². The first kappa shape index (κ1) is 69.6. The van der Waals surface area contributed by atoms with Crippen LogP contribution in [0.2, 0.25) is 0 Å². The molecule has 1 heterocycles. The van der Waals surface area contributed by atoms with E-state index in [4.69, 9.17) is 14.2 Å². The molecule has 8 atom stereocenters.